The molecule has 0 saturated heterocycles. The Bertz CT molecular complexity index is 779. The van der Waals surface area contributed by atoms with Crippen molar-refractivity contribution in [1.82, 2.24) is 25.5 Å². The molecule has 0 aliphatic rings. The minimum atomic E-state index is 0.381. The van der Waals surface area contributed by atoms with E-state index in [0.29, 0.717) is 11.7 Å². The van der Waals surface area contributed by atoms with Gasteiger partial charge < -0.3 is 10.2 Å². The molecule has 0 radical (unpaired) electrons. The lowest BCUT2D eigenvalue weighted by Crippen LogP contribution is -2.36. The van der Waals surface area contributed by atoms with Crippen LogP contribution in [0.4, 0.5) is 5.82 Å². The molecule has 2 N–H and O–H groups in total. The third-order valence-corrected chi connectivity index (χ3v) is 3.84. The quantitative estimate of drug-likeness (QED) is 0.732. The minimum absolute atomic E-state index is 0.381. The van der Waals surface area contributed by atoms with E-state index in [2.05, 4.69) is 45.3 Å². The maximum absolute atomic E-state index is 4.84. The van der Waals surface area contributed by atoms with Crippen LogP contribution in [0, 0.1) is 0 Å². The summed E-state index contributed by atoms with van der Waals surface area (Å²) >= 11 is 0. The number of fused-ring (bicyclic) bond motifs is 1. The highest BCUT2D eigenvalue weighted by Gasteiger charge is 2.14. The summed E-state index contributed by atoms with van der Waals surface area (Å²) in [6.07, 6.45) is 1.75. The van der Waals surface area contributed by atoms with E-state index in [9.17, 15) is 0 Å². The van der Waals surface area contributed by atoms with E-state index in [1.54, 1.807) is 6.20 Å². The van der Waals surface area contributed by atoms with E-state index in [-0.39, 0.29) is 0 Å². The first-order valence-corrected chi connectivity index (χ1v) is 7.88. The maximum atomic E-state index is 4.84. The smallest absolute Gasteiger partial charge is 0.181 e. The van der Waals surface area contributed by atoms with Crippen LogP contribution in [0.15, 0.2) is 36.5 Å². The molecule has 3 aromatic heterocycles. The molecule has 23 heavy (non-hydrogen) atoms. The van der Waals surface area contributed by atoms with Gasteiger partial charge in [-0.3, -0.25) is 5.10 Å². The normalized spacial score (nSPS) is 11.3. The Morgan fingerprint density at radius 3 is 2.87 bits per heavy atom. The fraction of sp³-hybridized carbons (Fsp3) is 0.353. The number of anilines is 1. The molecule has 3 rings (SSSR count). The van der Waals surface area contributed by atoms with Crippen LogP contribution in [0.2, 0.25) is 0 Å². The number of hydrogen-bond donors (Lipinski definition) is 2. The van der Waals surface area contributed by atoms with E-state index < -0.39 is 0 Å². The first kappa shape index (κ1) is 15.4. The minimum Gasteiger partial charge on any atom is -0.353 e. The van der Waals surface area contributed by atoms with Gasteiger partial charge >= 0.3 is 0 Å². The van der Waals surface area contributed by atoms with Crippen molar-refractivity contribution in [3.05, 3.63) is 36.5 Å². The second kappa shape index (κ2) is 6.75. The number of aromatic amines is 1. The van der Waals surface area contributed by atoms with Crippen molar-refractivity contribution < 1.29 is 0 Å². The molecule has 0 saturated carbocycles. The van der Waals surface area contributed by atoms with Crippen molar-refractivity contribution in [2.45, 2.75) is 19.9 Å². The molecular weight excluding hydrogens is 288 g/mol. The average Bonchev–Trinajstić information content (AvgIpc) is 2.99. The second-order valence-corrected chi connectivity index (χ2v) is 5.74. The number of likely N-dealkylation sites (N-methyl/N-ethyl adjacent to an activating group) is 1. The van der Waals surface area contributed by atoms with Gasteiger partial charge in [0.25, 0.3) is 0 Å². The number of H-pyrrole nitrogens is 1. The van der Waals surface area contributed by atoms with Crippen molar-refractivity contribution in [3.63, 3.8) is 0 Å². The first-order valence-electron chi connectivity index (χ1n) is 7.88. The Kier molecular flexibility index (Phi) is 4.52. The van der Waals surface area contributed by atoms with Gasteiger partial charge in [-0.2, -0.15) is 5.10 Å². The van der Waals surface area contributed by atoms with Crippen molar-refractivity contribution in [3.8, 4) is 11.4 Å². The molecule has 0 amide bonds. The number of hydrogen-bond acceptors (Lipinski definition) is 5. The topological polar surface area (TPSA) is 69.7 Å². The molecule has 6 nitrogen and oxygen atoms in total. The molecule has 0 aromatic carbocycles. The van der Waals surface area contributed by atoms with E-state index in [1.165, 1.54) is 0 Å². The van der Waals surface area contributed by atoms with E-state index >= 15 is 0 Å². The zero-order valence-corrected chi connectivity index (χ0v) is 13.7. The van der Waals surface area contributed by atoms with Gasteiger partial charge in [-0.25, -0.2) is 9.97 Å². The third kappa shape index (κ3) is 3.17. The van der Waals surface area contributed by atoms with Gasteiger partial charge in [0.2, 0.25) is 0 Å². The summed E-state index contributed by atoms with van der Waals surface area (Å²) in [6, 6.07) is 10.4. The molecule has 120 valence electrons. The van der Waals surface area contributed by atoms with Gasteiger partial charge in [0.1, 0.15) is 5.82 Å². The van der Waals surface area contributed by atoms with Crippen LogP contribution in [0.1, 0.15) is 13.8 Å². The van der Waals surface area contributed by atoms with Crippen LogP contribution in [0.5, 0.6) is 0 Å². The van der Waals surface area contributed by atoms with Gasteiger partial charge in [0.15, 0.2) is 5.65 Å². The molecule has 0 aliphatic carbocycles. The van der Waals surface area contributed by atoms with Crippen molar-refractivity contribution >= 4 is 16.9 Å². The van der Waals surface area contributed by atoms with Crippen LogP contribution in [0.25, 0.3) is 22.4 Å². The number of rotatable bonds is 6. The fourth-order valence-corrected chi connectivity index (χ4v) is 2.64. The fourth-order valence-electron chi connectivity index (χ4n) is 2.64. The Hall–Kier alpha value is -2.47. The molecule has 0 aliphatic heterocycles. The summed E-state index contributed by atoms with van der Waals surface area (Å²) < 4.78 is 0. The standard InChI is InChI=1S/C17H22N6/c1-12(2)23(11-10-18-3)15-8-4-7-14(20-15)16-13-6-5-9-19-17(13)22-21-16/h4-9,12,18H,10-11H2,1-3H3,(H,19,21,22). The number of nitrogens with one attached hydrogen (secondary N) is 2. The Labute approximate surface area is 136 Å². The van der Waals surface area contributed by atoms with Crippen LogP contribution < -0.4 is 10.2 Å². The Morgan fingerprint density at radius 1 is 1.22 bits per heavy atom. The van der Waals surface area contributed by atoms with E-state index in [1.807, 2.05) is 31.3 Å². The highest BCUT2D eigenvalue weighted by Crippen LogP contribution is 2.25. The number of aromatic nitrogens is 4. The summed E-state index contributed by atoms with van der Waals surface area (Å²) in [7, 11) is 1.96. The van der Waals surface area contributed by atoms with Gasteiger partial charge in [-0.15, -0.1) is 0 Å². The van der Waals surface area contributed by atoms with Crippen LogP contribution in [-0.4, -0.2) is 46.3 Å². The van der Waals surface area contributed by atoms with Gasteiger partial charge in [-0.1, -0.05) is 6.07 Å². The number of pyridine rings is 2. The van der Waals surface area contributed by atoms with Gasteiger partial charge in [0.05, 0.1) is 11.4 Å². The average molecular weight is 310 g/mol. The highest BCUT2D eigenvalue weighted by molar-refractivity contribution is 5.89. The summed E-state index contributed by atoms with van der Waals surface area (Å²) in [5, 5.41) is 11.5. The monoisotopic (exact) mass is 310 g/mol. The SMILES string of the molecule is CNCCN(c1cccc(-c2[nH]nc3ncccc23)n1)C(C)C. The van der Waals surface area contributed by atoms with Gasteiger partial charge in [0, 0.05) is 30.7 Å². The second-order valence-electron chi connectivity index (χ2n) is 5.74. The number of nitrogens with zero attached hydrogens (tertiary/aromatic N) is 4. The molecule has 0 fully saturated rings. The lowest BCUT2D eigenvalue weighted by Gasteiger charge is -2.28. The molecule has 0 atom stereocenters. The van der Waals surface area contributed by atoms with E-state index in [4.69, 9.17) is 4.98 Å². The van der Waals surface area contributed by atoms with Crippen LogP contribution >= 0.6 is 0 Å². The molecule has 6 heteroatoms. The van der Waals surface area contributed by atoms with Crippen LogP contribution in [0.3, 0.4) is 0 Å². The lowest BCUT2D eigenvalue weighted by atomic mass is 10.2. The zero-order valence-electron chi connectivity index (χ0n) is 13.7. The Balaban J connectivity index is 1.99. The van der Waals surface area contributed by atoms with Gasteiger partial charge in [-0.05, 0) is 45.2 Å². The summed E-state index contributed by atoms with van der Waals surface area (Å²) in [5.74, 6) is 0.972. The van der Waals surface area contributed by atoms with Crippen molar-refractivity contribution in [1.29, 1.82) is 0 Å². The molecule has 3 aromatic rings. The first-order chi connectivity index (χ1) is 11.2. The largest absolute Gasteiger partial charge is 0.353 e. The maximum Gasteiger partial charge on any atom is 0.181 e. The molecular formula is C17H22N6. The third-order valence-electron chi connectivity index (χ3n) is 3.84. The predicted octanol–water partition coefficient (Wildman–Crippen LogP) is 2.45. The lowest BCUT2D eigenvalue weighted by molar-refractivity contribution is 0.646. The van der Waals surface area contributed by atoms with E-state index in [0.717, 1.165) is 35.7 Å². The summed E-state index contributed by atoms with van der Waals surface area (Å²) in [4.78, 5) is 11.4. The molecule has 0 unspecified atom stereocenters. The summed E-state index contributed by atoms with van der Waals surface area (Å²) in [6.45, 7) is 6.19. The van der Waals surface area contributed by atoms with Crippen molar-refractivity contribution in [2.24, 2.45) is 0 Å². The Morgan fingerprint density at radius 2 is 2.09 bits per heavy atom. The van der Waals surface area contributed by atoms with Crippen molar-refractivity contribution in [2.75, 3.05) is 25.0 Å². The molecule has 3 heterocycles. The predicted molar refractivity (Wildman–Crippen MR) is 93.5 cm³/mol. The highest BCUT2D eigenvalue weighted by atomic mass is 15.2. The molecule has 0 bridgehead atoms. The zero-order chi connectivity index (χ0) is 16.2. The summed E-state index contributed by atoms with van der Waals surface area (Å²) in [5.41, 5.74) is 2.51. The molecule has 0 spiro atoms. The van der Waals surface area contributed by atoms with Crippen LogP contribution in [-0.2, 0) is 0 Å².